The summed E-state index contributed by atoms with van der Waals surface area (Å²) in [7, 11) is -3.43. The first-order chi connectivity index (χ1) is 8.93. The molecule has 0 spiro atoms. The fourth-order valence-corrected chi connectivity index (χ4v) is 4.86. The van der Waals surface area contributed by atoms with E-state index in [1.54, 1.807) is 15.8 Å². The van der Waals surface area contributed by atoms with Gasteiger partial charge in [0, 0.05) is 12.6 Å². The van der Waals surface area contributed by atoms with Crippen LogP contribution in [0.3, 0.4) is 0 Å². The van der Waals surface area contributed by atoms with Crippen molar-refractivity contribution < 1.29 is 13.5 Å². The van der Waals surface area contributed by atoms with Crippen LogP contribution in [0.1, 0.15) is 45.6 Å². The second kappa shape index (κ2) is 7.38. The summed E-state index contributed by atoms with van der Waals surface area (Å²) in [4.78, 5) is 0. The molecule has 1 N–H and O–H groups in total. The monoisotopic (exact) mass is 305 g/mol. The summed E-state index contributed by atoms with van der Waals surface area (Å²) in [6.07, 6.45) is 2.98. The Hall–Kier alpha value is -0.430. The molecule has 1 aromatic rings. The van der Waals surface area contributed by atoms with E-state index in [1.165, 1.54) is 11.3 Å². The summed E-state index contributed by atoms with van der Waals surface area (Å²) in [5, 5.41) is 10.7. The van der Waals surface area contributed by atoms with Crippen LogP contribution < -0.4 is 0 Å². The lowest BCUT2D eigenvalue weighted by Crippen LogP contribution is -2.37. The largest absolute Gasteiger partial charge is 0.392 e. The van der Waals surface area contributed by atoms with Crippen molar-refractivity contribution in [1.82, 2.24) is 4.31 Å². The number of thiophene rings is 1. The molecule has 1 heterocycles. The lowest BCUT2D eigenvalue weighted by atomic mass is 10.2. The van der Waals surface area contributed by atoms with Crippen molar-refractivity contribution in [2.45, 2.75) is 56.9 Å². The number of unbranched alkanes of at least 4 members (excludes halogenated alkanes) is 2. The van der Waals surface area contributed by atoms with E-state index in [4.69, 9.17) is 5.11 Å². The third kappa shape index (κ3) is 4.27. The van der Waals surface area contributed by atoms with E-state index < -0.39 is 10.0 Å². The average molecular weight is 305 g/mol. The van der Waals surface area contributed by atoms with Gasteiger partial charge in [-0.2, -0.15) is 4.31 Å². The van der Waals surface area contributed by atoms with Gasteiger partial charge in [0.1, 0.15) is 4.21 Å². The van der Waals surface area contributed by atoms with Gasteiger partial charge >= 0.3 is 0 Å². The molecule has 0 radical (unpaired) electrons. The summed E-state index contributed by atoms with van der Waals surface area (Å²) in [5.41, 5.74) is 0.654. The predicted octanol–water partition coefficient (Wildman–Crippen LogP) is 2.83. The summed E-state index contributed by atoms with van der Waals surface area (Å²) in [5.74, 6) is 0. The molecule has 0 saturated heterocycles. The molecule has 19 heavy (non-hydrogen) atoms. The lowest BCUT2D eigenvalue weighted by Gasteiger charge is -2.25. The highest BCUT2D eigenvalue weighted by atomic mass is 32.2. The van der Waals surface area contributed by atoms with Gasteiger partial charge in [-0.1, -0.05) is 19.8 Å². The number of nitrogens with zero attached hydrogens (tertiary/aromatic N) is 1. The average Bonchev–Trinajstić information content (AvgIpc) is 2.83. The Labute approximate surface area is 120 Å². The Balaban J connectivity index is 2.92. The van der Waals surface area contributed by atoms with Crippen molar-refractivity contribution in [2.24, 2.45) is 0 Å². The number of rotatable bonds is 8. The molecule has 0 bridgehead atoms. The molecule has 1 rings (SSSR count). The van der Waals surface area contributed by atoms with Crippen molar-refractivity contribution >= 4 is 21.4 Å². The normalized spacial score (nSPS) is 12.5. The number of hydrogen-bond acceptors (Lipinski definition) is 4. The first-order valence-electron chi connectivity index (χ1n) is 6.63. The predicted molar refractivity (Wildman–Crippen MR) is 78.8 cm³/mol. The van der Waals surface area contributed by atoms with Gasteiger partial charge in [0.25, 0.3) is 10.0 Å². The standard InChI is InChI=1S/C13H23NO3S2/c1-4-5-6-7-14(11(2)3)19(16,17)13-8-12(9-15)10-18-13/h8,10-11,15H,4-7,9H2,1-3H3. The van der Waals surface area contributed by atoms with Crippen LogP contribution in [0.15, 0.2) is 15.7 Å². The van der Waals surface area contributed by atoms with E-state index in [2.05, 4.69) is 6.92 Å². The second-order valence-electron chi connectivity index (χ2n) is 4.85. The number of aliphatic hydroxyl groups is 1. The Morgan fingerprint density at radius 1 is 1.37 bits per heavy atom. The van der Waals surface area contributed by atoms with Crippen LogP contribution in [0.2, 0.25) is 0 Å². The smallest absolute Gasteiger partial charge is 0.252 e. The Bertz CT molecular complexity index is 480. The molecule has 0 aliphatic carbocycles. The molecule has 0 saturated carbocycles. The molecule has 0 atom stereocenters. The zero-order chi connectivity index (χ0) is 14.5. The Morgan fingerprint density at radius 2 is 2.05 bits per heavy atom. The first kappa shape index (κ1) is 16.6. The van der Waals surface area contributed by atoms with Crippen molar-refractivity contribution in [1.29, 1.82) is 0 Å². The van der Waals surface area contributed by atoms with Gasteiger partial charge in [0.05, 0.1) is 6.61 Å². The zero-order valence-electron chi connectivity index (χ0n) is 11.8. The van der Waals surface area contributed by atoms with Crippen LogP contribution in [0, 0.1) is 0 Å². The zero-order valence-corrected chi connectivity index (χ0v) is 13.4. The lowest BCUT2D eigenvalue weighted by molar-refractivity contribution is 0.282. The fourth-order valence-electron chi connectivity index (χ4n) is 1.86. The molecule has 1 aromatic heterocycles. The van der Waals surface area contributed by atoms with Crippen LogP contribution in [0.25, 0.3) is 0 Å². The van der Waals surface area contributed by atoms with Crippen molar-refractivity contribution in [3.63, 3.8) is 0 Å². The maximum absolute atomic E-state index is 12.6. The summed E-state index contributed by atoms with van der Waals surface area (Å²) < 4.78 is 27.0. The van der Waals surface area contributed by atoms with E-state index in [1.807, 2.05) is 13.8 Å². The van der Waals surface area contributed by atoms with Gasteiger partial charge < -0.3 is 5.11 Å². The van der Waals surface area contributed by atoms with Gasteiger partial charge in [-0.05, 0) is 37.3 Å². The van der Waals surface area contributed by atoms with Crippen molar-refractivity contribution in [3.05, 3.63) is 17.0 Å². The molecule has 0 amide bonds. The highest BCUT2D eigenvalue weighted by Crippen LogP contribution is 2.25. The molecule has 6 heteroatoms. The molecule has 0 aromatic carbocycles. The van der Waals surface area contributed by atoms with Crippen LogP contribution in [0.5, 0.6) is 0 Å². The first-order valence-corrected chi connectivity index (χ1v) is 8.95. The minimum atomic E-state index is -3.43. The van der Waals surface area contributed by atoms with Crippen molar-refractivity contribution in [2.75, 3.05) is 6.54 Å². The summed E-state index contributed by atoms with van der Waals surface area (Å²) >= 11 is 1.18. The van der Waals surface area contributed by atoms with Crippen LogP contribution in [-0.2, 0) is 16.6 Å². The summed E-state index contributed by atoms with van der Waals surface area (Å²) in [6.45, 7) is 6.32. The Morgan fingerprint density at radius 3 is 2.53 bits per heavy atom. The molecule has 0 aliphatic heterocycles. The second-order valence-corrected chi connectivity index (χ2v) is 7.88. The van der Waals surface area contributed by atoms with Gasteiger partial charge in [0.15, 0.2) is 0 Å². The van der Waals surface area contributed by atoms with E-state index in [0.29, 0.717) is 16.3 Å². The highest BCUT2D eigenvalue weighted by molar-refractivity contribution is 7.91. The third-order valence-corrected chi connectivity index (χ3v) is 6.47. The minimum absolute atomic E-state index is 0.0541. The molecular formula is C13H23NO3S2. The van der Waals surface area contributed by atoms with Crippen LogP contribution in [0.4, 0.5) is 0 Å². The maximum atomic E-state index is 12.6. The summed E-state index contributed by atoms with van der Waals surface area (Å²) in [6, 6.07) is 1.51. The van der Waals surface area contributed by atoms with Gasteiger partial charge in [-0.25, -0.2) is 8.42 Å². The topological polar surface area (TPSA) is 57.6 Å². The van der Waals surface area contributed by atoms with E-state index >= 15 is 0 Å². The highest BCUT2D eigenvalue weighted by Gasteiger charge is 2.27. The number of aliphatic hydroxyl groups excluding tert-OH is 1. The van der Waals surface area contributed by atoms with Crippen LogP contribution in [-0.4, -0.2) is 30.4 Å². The van der Waals surface area contributed by atoms with Gasteiger partial charge in [-0.3, -0.25) is 0 Å². The third-order valence-electron chi connectivity index (χ3n) is 2.93. The SMILES string of the molecule is CCCCCN(C(C)C)S(=O)(=O)c1cc(CO)cs1. The number of hydrogen-bond donors (Lipinski definition) is 1. The van der Waals surface area contributed by atoms with Crippen LogP contribution >= 0.6 is 11.3 Å². The van der Waals surface area contributed by atoms with Gasteiger partial charge in [-0.15, -0.1) is 11.3 Å². The molecule has 0 unspecified atom stereocenters. The van der Waals surface area contributed by atoms with E-state index in [0.717, 1.165) is 19.3 Å². The Kier molecular flexibility index (Phi) is 6.46. The van der Waals surface area contributed by atoms with Gasteiger partial charge in [0.2, 0.25) is 0 Å². The molecular weight excluding hydrogens is 282 g/mol. The molecule has 0 fully saturated rings. The van der Waals surface area contributed by atoms with E-state index in [9.17, 15) is 8.42 Å². The molecule has 4 nitrogen and oxygen atoms in total. The fraction of sp³-hybridized carbons (Fsp3) is 0.692. The molecule has 110 valence electrons. The quantitative estimate of drug-likeness (QED) is 0.751. The molecule has 0 aliphatic rings. The van der Waals surface area contributed by atoms with Crippen molar-refractivity contribution in [3.8, 4) is 0 Å². The number of sulfonamides is 1. The van der Waals surface area contributed by atoms with E-state index in [-0.39, 0.29) is 12.6 Å². The minimum Gasteiger partial charge on any atom is -0.392 e. The maximum Gasteiger partial charge on any atom is 0.252 e.